The Kier molecular flexibility index (Phi) is 7.58. The van der Waals surface area contributed by atoms with Gasteiger partial charge in [-0.3, -0.25) is 13.9 Å². The Morgan fingerprint density at radius 2 is 1.90 bits per heavy atom. The van der Waals surface area contributed by atoms with E-state index >= 15 is 0 Å². The molecule has 9 heteroatoms. The molecule has 2 heterocycles. The molecule has 0 bridgehead atoms. The van der Waals surface area contributed by atoms with Crippen LogP contribution in [0.1, 0.15) is 38.2 Å². The number of nitrogens with one attached hydrogen (secondary N) is 1. The van der Waals surface area contributed by atoms with Crippen molar-refractivity contribution in [2.24, 2.45) is 7.05 Å². The lowest BCUT2D eigenvalue weighted by Gasteiger charge is -2.26. The second kappa shape index (κ2) is 10.1. The molecule has 1 unspecified atom stereocenters. The zero-order chi connectivity index (χ0) is 21.7. The molecule has 1 atom stereocenters. The lowest BCUT2D eigenvalue weighted by molar-refractivity contribution is 0.0694. The van der Waals surface area contributed by atoms with Gasteiger partial charge in [0.1, 0.15) is 11.5 Å². The average Bonchev–Trinajstić information content (AvgIpc) is 3.10. The van der Waals surface area contributed by atoms with Crippen molar-refractivity contribution in [2.75, 3.05) is 23.4 Å². The second-order valence-electron chi connectivity index (χ2n) is 7.40. The minimum atomic E-state index is -0.556. The Bertz CT molecular complexity index is 971. The van der Waals surface area contributed by atoms with Crippen molar-refractivity contribution in [3.63, 3.8) is 0 Å². The normalized spacial score (nSPS) is 15.3. The summed E-state index contributed by atoms with van der Waals surface area (Å²) < 4.78 is 8.65. The molecular weight excluding hydrogens is 408 g/mol. The van der Waals surface area contributed by atoms with E-state index in [-0.39, 0.29) is 18.7 Å². The molecule has 0 amide bonds. The van der Waals surface area contributed by atoms with Crippen molar-refractivity contribution in [1.82, 2.24) is 9.13 Å². The SMILES string of the molecule is CCCCCOC1Nc2c(c(=O)n(CCCO)c(=O)n2C)N1Cc1ccc(Cl)cc1. The monoisotopic (exact) mass is 436 g/mol. The summed E-state index contributed by atoms with van der Waals surface area (Å²) >= 11 is 6.01. The topological polar surface area (TPSA) is 88.7 Å². The molecule has 1 aliphatic rings. The molecule has 1 aliphatic heterocycles. The molecular formula is C21H29ClN4O4. The number of rotatable bonds is 10. The van der Waals surface area contributed by atoms with Gasteiger partial charge in [0.2, 0.25) is 6.35 Å². The first-order valence-electron chi connectivity index (χ1n) is 10.3. The second-order valence-corrected chi connectivity index (χ2v) is 7.84. The van der Waals surface area contributed by atoms with E-state index in [0.29, 0.717) is 36.1 Å². The van der Waals surface area contributed by atoms with Gasteiger partial charge in [0.15, 0.2) is 0 Å². The summed E-state index contributed by atoms with van der Waals surface area (Å²) in [5, 5.41) is 13.0. The molecule has 3 rings (SSSR count). The summed E-state index contributed by atoms with van der Waals surface area (Å²) in [7, 11) is 1.63. The predicted molar refractivity (Wildman–Crippen MR) is 118 cm³/mol. The molecule has 2 N–H and O–H groups in total. The minimum absolute atomic E-state index is 0.0947. The van der Waals surface area contributed by atoms with Crippen molar-refractivity contribution in [3.8, 4) is 0 Å². The maximum Gasteiger partial charge on any atom is 0.332 e. The van der Waals surface area contributed by atoms with Crippen LogP contribution in [0.4, 0.5) is 11.5 Å². The van der Waals surface area contributed by atoms with Crippen LogP contribution >= 0.6 is 11.6 Å². The van der Waals surface area contributed by atoms with E-state index in [2.05, 4.69) is 12.2 Å². The third kappa shape index (κ3) is 4.71. The molecule has 8 nitrogen and oxygen atoms in total. The van der Waals surface area contributed by atoms with E-state index in [9.17, 15) is 9.59 Å². The number of unbranched alkanes of at least 4 members (excludes halogenated alkanes) is 2. The zero-order valence-electron chi connectivity index (χ0n) is 17.4. The molecule has 0 aliphatic carbocycles. The number of anilines is 2. The summed E-state index contributed by atoms with van der Waals surface area (Å²) in [6.07, 6.45) is 2.83. The van der Waals surface area contributed by atoms with Crippen LogP contribution < -0.4 is 21.5 Å². The maximum absolute atomic E-state index is 13.2. The molecule has 0 saturated carbocycles. The Morgan fingerprint density at radius 1 is 1.17 bits per heavy atom. The van der Waals surface area contributed by atoms with Gasteiger partial charge < -0.3 is 20.1 Å². The van der Waals surface area contributed by atoms with Crippen molar-refractivity contribution in [3.05, 3.63) is 55.7 Å². The molecule has 0 radical (unpaired) electrons. The fourth-order valence-corrected chi connectivity index (χ4v) is 3.67. The predicted octanol–water partition coefficient (Wildman–Crippen LogP) is 2.51. The van der Waals surface area contributed by atoms with E-state index in [0.717, 1.165) is 24.8 Å². The number of hydrogen-bond acceptors (Lipinski definition) is 6. The molecule has 0 spiro atoms. The highest BCUT2D eigenvalue weighted by Crippen LogP contribution is 2.32. The van der Waals surface area contributed by atoms with E-state index in [4.69, 9.17) is 21.4 Å². The smallest absolute Gasteiger partial charge is 0.332 e. The number of nitrogens with zero attached hydrogens (tertiary/aromatic N) is 3. The summed E-state index contributed by atoms with van der Waals surface area (Å²) in [6.45, 7) is 3.15. The molecule has 164 valence electrons. The number of ether oxygens (including phenoxy) is 1. The van der Waals surface area contributed by atoms with Gasteiger partial charge in [0.05, 0.1) is 6.61 Å². The highest BCUT2D eigenvalue weighted by Gasteiger charge is 2.35. The summed E-state index contributed by atoms with van der Waals surface area (Å²) in [5.41, 5.74) is 0.553. The molecule has 0 fully saturated rings. The first-order chi connectivity index (χ1) is 14.5. The van der Waals surface area contributed by atoms with Crippen LogP contribution in [0.5, 0.6) is 0 Å². The Balaban J connectivity index is 1.99. The van der Waals surface area contributed by atoms with Gasteiger partial charge in [-0.25, -0.2) is 4.79 Å². The van der Waals surface area contributed by atoms with Gasteiger partial charge in [-0.05, 0) is 30.5 Å². The van der Waals surface area contributed by atoms with Crippen molar-refractivity contribution in [1.29, 1.82) is 0 Å². The Hall–Kier alpha value is -2.29. The van der Waals surface area contributed by atoms with Crippen molar-refractivity contribution in [2.45, 2.75) is 52.0 Å². The number of aliphatic hydroxyl groups excluding tert-OH is 1. The van der Waals surface area contributed by atoms with Crippen molar-refractivity contribution >= 4 is 23.1 Å². The van der Waals surface area contributed by atoms with Crippen LogP contribution in [0.25, 0.3) is 0 Å². The largest absolute Gasteiger partial charge is 0.396 e. The number of aliphatic hydroxyl groups is 1. The van der Waals surface area contributed by atoms with Crippen LogP contribution in [-0.4, -0.2) is 33.8 Å². The summed E-state index contributed by atoms with van der Waals surface area (Å²) in [6, 6.07) is 7.42. The zero-order valence-corrected chi connectivity index (χ0v) is 18.2. The van der Waals surface area contributed by atoms with Gasteiger partial charge in [0.25, 0.3) is 5.56 Å². The van der Waals surface area contributed by atoms with Crippen LogP contribution in [0.15, 0.2) is 33.9 Å². The summed E-state index contributed by atoms with van der Waals surface area (Å²) in [5.74, 6) is 0.444. The minimum Gasteiger partial charge on any atom is -0.396 e. The van der Waals surface area contributed by atoms with Crippen LogP contribution in [0.3, 0.4) is 0 Å². The molecule has 0 saturated heterocycles. The van der Waals surface area contributed by atoms with Crippen LogP contribution in [-0.2, 0) is 24.9 Å². The van der Waals surface area contributed by atoms with Gasteiger partial charge in [-0.15, -0.1) is 0 Å². The van der Waals surface area contributed by atoms with E-state index in [1.54, 1.807) is 19.2 Å². The quantitative estimate of drug-likeness (QED) is 0.556. The number of aromatic nitrogens is 2. The number of benzene rings is 1. The lowest BCUT2D eigenvalue weighted by atomic mass is 10.2. The molecule has 2 aromatic rings. The highest BCUT2D eigenvalue weighted by atomic mass is 35.5. The third-order valence-electron chi connectivity index (χ3n) is 5.19. The van der Waals surface area contributed by atoms with E-state index in [1.165, 1.54) is 9.13 Å². The van der Waals surface area contributed by atoms with Crippen molar-refractivity contribution < 1.29 is 9.84 Å². The fourth-order valence-electron chi connectivity index (χ4n) is 3.54. The van der Waals surface area contributed by atoms with Gasteiger partial charge >= 0.3 is 5.69 Å². The van der Waals surface area contributed by atoms with Crippen LogP contribution in [0, 0.1) is 0 Å². The molecule has 1 aromatic heterocycles. The number of hydrogen-bond donors (Lipinski definition) is 2. The molecule has 30 heavy (non-hydrogen) atoms. The number of halogens is 1. The first-order valence-corrected chi connectivity index (χ1v) is 10.7. The highest BCUT2D eigenvalue weighted by molar-refractivity contribution is 6.30. The van der Waals surface area contributed by atoms with E-state index < -0.39 is 12.0 Å². The number of fused-ring (bicyclic) bond motifs is 1. The van der Waals surface area contributed by atoms with Gasteiger partial charge in [-0.1, -0.05) is 43.5 Å². The Morgan fingerprint density at radius 3 is 2.57 bits per heavy atom. The van der Waals surface area contributed by atoms with Gasteiger partial charge in [0, 0.05) is 31.8 Å². The lowest BCUT2D eigenvalue weighted by Crippen LogP contribution is -2.42. The first kappa shape index (κ1) is 22.4. The van der Waals surface area contributed by atoms with Gasteiger partial charge in [-0.2, -0.15) is 0 Å². The fraction of sp³-hybridized carbons (Fsp3) is 0.524. The maximum atomic E-state index is 13.2. The Labute approximate surface area is 180 Å². The molecule has 1 aromatic carbocycles. The average molecular weight is 437 g/mol. The summed E-state index contributed by atoms with van der Waals surface area (Å²) in [4.78, 5) is 27.8. The van der Waals surface area contributed by atoms with E-state index in [1.807, 2.05) is 17.0 Å². The third-order valence-corrected chi connectivity index (χ3v) is 5.44. The standard InChI is InChI=1S/C21H29ClN4O4/c1-3-4-5-13-30-20-23-18-17(26(20)14-15-7-9-16(22)10-8-15)19(28)25(11-6-12-27)21(29)24(18)2/h7-10,20,23,27H,3-6,11-14H2,1-2H3. The van der Waals surface area contributed by atoms with Crippen LogP contribution in [0.2, 0.25) is 5.02 Å².